The van der Waals surface area contributed by atoms with Gasteiger partial charge < -0.3 is 25.0 Å². The molecule has 0 aliphatic carbocycles. The standard InChI is InChI=1S/C28H32F3N3O5/c1-16(2)25-23(12-11-20(35)13-21(36)14-24(37)38)34(19-9-7-18(29)8-10-19)32-27(25)28(39)33(3)15-17-5-4-6-22(30)26(17)31/h4-10,16,20-21,35-36H,11-15H2,1-3H3,(H,37,38)/p-1/t20-,21-/m1/s1. The first-order valence-corrected chi connectivity index (χ1v) is 12.5. The van der Waals surface area contributed by atoms with E-state index in [9.17, 15) is 38.1 Å². The number of rotatable bonds is 12. The van der Waals surface area contributed by atoms with E-state index in [1.807, 2.05) is 13.8 Å². The van der Waals surface area contributed by atoms with Gasteiger partial charge in [-0.05, 0) is 55.5 Å². The maximum absolute atomic E-state index is 14.3. The zero-order valence-corrected chi connectivity index (χ0v) is 21.9. The molecule has 2 atom stereocenters. The molecule has 2 N–H and O–H groups in total. The number of halogens is 3. The van der Waals surface area contributed by atoms with Crippen molar-refractivity contribution in [1.29, 1.82) is 0 Å². The van der Waals surface area contributed by atoms with Crippen molar-refractivity contribution in [2.45, 2.75) is 64.2 Å². The van der Waals surface area contributed by atoms with Gasteiger partial charge in [0.2, 0.25) is 0 Å². The van der Waals surface area contributed by atoms with Gasteiger partial charge in [0.15, 0.2) is 17.3 Å². The average Bonchev–Trinajstić information content (AvgIpc) is 3.24. The molecule has 0 aliphatic rings. The molecule has 1 amide bonds. The number of carboxylic acids is 1. The summed E-state index contributed by atoms with van der Waals surface area (Å²) >= 11 is 0. The number of carboxylic acid groups (broad SMARTS) is 1. The summed E-state index contributed by atoms with van der Waals surface area (Å²) in [5.74, 6) is -4.75. The monoisotopic (exact) mass is 546 g/mol. The van der Waals surface area contributed by atoms with Gasteiger partial charge in [-0.25, -0.2) is 17.9 Å². The summed E-state index contributed by atoms with van der Waals surface area (Å²) in [5.41, 5.74) is 1.62. The molecule has 0 bridgehead atoms. The van der Waals surface area contributed by atoms with Gasteiger partial charge in [0.1, 0.15) is 5.82 Å². The van der Waals surface area contributed by atoms with Crippen LogP contribution in [-0.2, 0) is 17.8 Å². The Morgan fingerprint density at radius 2 is 1.72 bits per heavy atom. The first-order chi connectivity index (χ1) is 18.4. The summed E-state index contributed by atoms with van der Waals surface area (Å²) in [7, 11) is 1.44. The smallest absolute Gasteiger partial charge is 0.274 e. The van der Waals surface area contributed by atoms with Crippen LogP contribution < -0.4 is 5.11 Å². The highest BCUT2D eigenvalue weighted by atomic mass is 19.2. The second-order valence-corrected chi connectivity index (χ2v) is 9.78. The molecular weight excluding hydrogens is 515 g/mol. The van der Waals surface area contributed by atoms with E-state index in [1.165, 1.54) is 53.0 Å². The first-order valence-electron chi connectivity index (χ1n) is 12.5. The minimum absolute atomic E-state index is 0.00613. The molecule has 0 fully saturated rings. The molecule has 0 saturated carbocycles. The fourth-order valence-electron chi connectivity index (χ4n) is 4.46. The van der Waals surface area contributed by atoms with Crippen LogP contribution in [-0.4, -0.2) is 56.0 Å². The van der Waals surface area contributed by atoms with Crippen LogP contribution in [0.5, 0.6) is 0 Å². The fraction of sp³-hybridized carbons (Fsp3) is 0.393. The van der Waals surface area contributed by atoms with Gasteiger partial charge in [-0.1, -0.05) is 26.0 Å². The Hall–Kier alpha value is -3.70. The van der Waals surface area contributed by atoms with Crippen molar-refractivity contribution in [2.75, 3.05) is 7.05 Å². The lowest BCUT2D eigenvalue weighted by Gasteiger charge is -2.19. The summed E-state index contributed by atoms with van der Waals surface area (Å²) in [6, 6.07) is 9.15. The molecule has 1 heterocycles. The van der Waals surface area contributed by atoms with Crippen LogP contribution >= 0.6 is 0 Å². The van der Waals surface area contributed by atoms with E-state index in [0.717, 1.165) is 6.07 Å². The summed E-state index contributed by atoms with van der Waals surface area (Å²) in [6.07, 6.45) is -2.86. The summed E-state index contributed by atoms with van der Waals surface area (Å²) in [4.78, 5) is 25.5. The Bertz CT molecular complexity index is 1310. The van der Waals surface area contributed by atoms with Gasteiger partial charge in [-0.15, -0.1) is 0 Å². The molecule has 0 unspecified atom stereocenters. The lowest BCUT2D eigenvalue weighted by molar-refractivity contribution is -0.307. The number of nitrogens with zero attached hydrogens (tertiary/aromatic N) is 3. The summed E-state index contributed by atoms with van der Waals surface area (Å²) in [6.45, 7) is 3.48. The lowest BCUT2D eigenvalue weighted by Crippen LogP contribution is -2.29. The minimum Gasteiger partial charge on any atom is -0.550 e. The number of aliphatic hydroxyl groups excluding tert-OH is 2. The maximum Gasteiger partial charge on any atom is 0.274 e. The topological polar surface area (TPSA) is 119 Å². The van der Waals surface area contributed by atoms with Crippen molar-refractivity contribution >= 4 is 11.9 Å². The normalized spacial score (nSPS) is 12.9. The van der Waals surface area contributed by atoms with Crippen molar-refractivity contribution < 1.29 is 38.1 Å². The minimum atomic E-state index is -1.43. The molecule has 3 rings (SSSR count). The van der Waals surface area contributed by atoms with E-state index in [1.54, 1.807) is 0 Å². The molecule has 0 aliphatic heterocycles. The molecule has 210 valence electrons. The summed E-state index contributed by atoms with van der Waals surface area (Å²) < 4.78 is 43.1. The lowest BCUT2D eigenvalue weighted by atomic mass is 9.95. The summed E-state index contributed by atoms with van der Waals surface area (Å²) in [5, 5.41) is 35.5. The van der Waals surface area contributed by atoms with E-state index in [2.05, 4.69) is 5.10 Å². The fourth-order valence-corrected chi connectivity index (χ4v) is 4.46. The third-order valence-electron chi connectivity index (χ3n) is 6.32. The van der Waals surface area contributed by atoms with Crippen LogP contribution in [0.1, 0.15) is 66.3 Å². The van der Waals surface area contributed by atoms with E-state index in [0.29, 0.717) is 16.9 Å². The van der Waals surface area contributed by atoms with Crippen molar-refractivity contribution in [3.05, 3.63) is 82.4 Å². The van der Waals surface area contributed by atoms with Gasteiger partial charge in [0.25, 0.3) is 5.91 Å². The van der Waals surface area contributed by atoms with Crippen LogP contribution in [0.4, 0.5) is 13.2 Å². The molecule has 11 heteroatoms. The quantitative estimate of drug-likeness (QED) is 0.361. The van der Waals surface area contributed by atoms with Crippen LogP contribution in [0.15, 0.2) is 42.5 Å². The second kappa shape index (κ2) is 12.9. The number of aliphatic carboxylic acids is 1. The molecule has 2 aromatic carbocycles. The van der Waals surface area contributed by atoms with Crippen LogP contribution in [0.2, 0.25) is 0 Å². The average molecular weight is 547 g/mol. The molecule has 0 radical (unpaired) electrons. The van der Waals surface area contributed by atoms with E-state index < -0.39 is 48.0 Å². The molecule has 39 heavy (non-hydrogen) atoms. The van der Waals surface area contributed by atoms with Crippen LogP contribution in [0.3, 0.4) is 0 Å². The van der Waals surface area contributed by atoms with Gasteiger partial charge >= 0.3 is 0 Å². The van der Waals surface area contributed by atoms with Gasteiger partial charge in [-0.3, -0.25) is 4.79 Å². The van der Waals surface area contributed by atoms with Gasteiger partial charge in [-0.2, -0.15) is 5.10 Å². The number of hydrogen-bond acceptors (Lipinski definition) is 6. The highest BCUT2D eigenvalue weighted by Gasteiger charge is 2.28. The van der Waals surface area contributed by atoms with Crippen LogP contribution in [0, 0.1) is 17.5 Å². The third kappa shape index (κ3) is 7.45. The maximum atomic E-state index is 14.3. The number of hydrogen-bond donors (Lipinski definition) is 2. The zero-order chi connectivity index (χ0) is 28.9. The van der Waals surface area contributed by atoms with E-state index >= 15 is 0 Å². The molecular formula is C28H31F3N3O5-. The van der Waals surface area contributed by atoms with Crippen molar-refractivity contribution in [2.24, 2.45) is 0 Å². The number of aliphatic hydroxyl groups is 2. The molecule has 3 aromatic rings. The van der Waals surface area contributed by atoms with Crippen molar-refractivity contribution in [3.63, 3.8) is 0 Å². The number of carbonyl (C=O) groups is 2. The largest absolute Gasteiger partial charge is 0.550 e. The zero-order valence-electron chi connectivity index (χ0n) is 21.9. The molecule has 1 aromatic heterocycles. The van der Waals surface area contributed by atoms with E-state index in [-0.39, 0.29) is 43.0 Å². The molecule has 0 spiro atoms. The Balaban J connectivity index is 1.97. The Morgan fingerprint density at radius 3 is 2.33 bits per heavy atom. The SMILES string of the molecule is CC(C)c1c(C(=O)N(C)Cc2cccc(F)c2F)nn(-c2ccc(F)cc2)c1CC[C@@H](O)C[C@@H](O)CC(=O)[O-]. The molecule has 0 saturated heterocycles. The molecule has 8 nitrogen and oxygen atoms in total. The van der Waals surface area contributed by atoms with Gasteiger partial charge in [0, 0.05) is 42.8 Å². The van der Waals surface area contributed by atoms with Crippen molar-refractivity contribution in [3.8, 4) is 5.69 Å². The number of aromatic nitrogens is 2. The second-order valence-electron chi connectivity index (χ2n) is 9.78. The number of amides is 1. The highest BCUT2D eigenvalue weighted by Crippen LogP contribution is 2.29. The predicted molar refractivity (Wildman–Crippen MR) is 134 cm³/mol. The Morgan fingerprint density at radius 1 is 1.05 bits per heavy atom. The predicted octanol–water partition coefficient (Wildman–Crippen LogP) is 2.87. The first kappa shape index (κ1) is 29.9. The Kier molecular flexibility index (Phi) is 9.87. The van der Waals surface area contributed by atoms with Crippen molar-refractivity contribution in [1.82, 2.24) is 14.7 Å². The number of carbonyl (C=O) groups excluding carboxylic acids is 2. The van der Waals surface area contributed by atoms with E-state index in [4.69, 9.17) is 0 Å². The highest BCUT2D eigenvalue weighted by molar-refractivity contribution is 5.94. The van der Waals surface area contributed by atoms with Crippen LogP contribution in [0.25, 0.3) is 5.69 Å². The third-order valence-corrected chi connectivity index (χ3v) is 6.32. The Labute approximate surface area is 224 Å². The van der Waals surface area contributed by atoms with Gasteiger partial charge in [0.05, 0.1) is 17.9 Å². The number of benzene rings is 2.